The van der Waals surface area contributed by atoms with Gasteiger partial charge in [-0.15, -0.1) is 0 Å². The van der Waals surface area contributed by atoms with E-state index in [9.17, 15) is 0 Å². The molecule has 0 bridgehead atoms. The van der Waals surface area contributed by atoms with E-state index >= 15 is 0 Å². The van der Waals surface area contributed by atoms with Crippen molar-refractivity contribution in [2.75, 3.05) is 7.11 Å². The maximum absolute atomic E-state index is 5.42. The summed E-state index contributed by atoms with van der Waals surface area (Å²) in [5.41, 5.74) is 2.72. The van der Waals surface area contributed by atoms with Crippen molar-refractivity contribution in [2.45, 2.75) is 53.1 Å². The third-order valence-electron chi connectivity index (χ3n) is 4.67. The van der Waals surface area contributed by atoms with Crippen LogP contribution in [0, 0.1) is 11.8 Å². The molecule has 2 atom stereocenters. The van der Waals surface area contributed by atoms with Gasteiger partial charge in [0.25, 0.3) is 0 Å². The van der Waals surface area contributed by atoms with Crippen LogP contribution in [0.3, 0.4) is 0 Å². The molecule has 0 aliphatic carbocycles. The molecule has 2 aromatic rings. The lowest BCUT2D eigenvalue weighted by Gasteiger charge is -2.24. The van der Waals surface area contributed by atoms with Crippen LogP contribution in [0.25, 0.3) is 10.8 Å². The van der Waals surface area contributed by atoms with Gasteiger partial charge in [0.05, 0.1) is 6.10 Å². The lowest BCUT2D eigenvalue weighted by Crippen LogP contribution is -2.09. The number of fused-ring (bicyclic) bond motifs is 1. The fourth-order valence-corrected chi connectivity index (χ4v) is 3.20. The quantitative estimate of drug-likeness (QED) is 0.605. The lowest BCUT2D eigenvalue weighted by atomic mass is 9.81. The van der Waals surface area contributed by atoms with Crippen LogP contribution in [0.15, 0.2) is 36.4 Å². The molecule has 120 valence electrons. The van der Waals surface area contributed by atoms with Gasteiger partial charge in [-0.1, -0.05) is 58.0 Å². The van der Waals surface area contributed by atoms with Crippen molar-refractivity contribution in [3.8, 4) is 0 Å². The van der Waals surface area contributed by atoms with E-state index in [2.05, 4.69) is 71.0 Å². The van der Waals surface area contributed by atoms with Crippen LogP contribution >= 0.6 is 0 Å². The van der Waals surface area contributed by atoms with Crippen molar-refractivity contribution in [3.63, 3.8) is 0 Å². The fourth-order valence-electron chi connectivity index (χ4n) is 3.20. The molecule has 0 aromatic heterocycles. The Morgan fingerprint density at radius 3 is 1.86 bits per heavy atom. The normalized spacial score (nSPS) is 14.7. The summed E-state index contributed by atoms with van der Waals surface area (Å²) in [7, 11) is 1.76. The molecule has 2 rings (SSSR count). The van der Waals surface area contributed by atoms with Gasteiger partial charge in [0, 0.05) is 7.11 Å². The van der Waals surface area contributed by atoms with E-state index in [1.165, 1.54) is 28.3 Å². The largest absolute Gasteiger partial charge is 0.377 e. The van der Waals surface area contributed by atoms with Crippen LogP contribution in [0.5, 0.6) is 0 Å². The number of ether oxygens (including phenoxy) is 1. The summed E-state index contributed by atoms with van der Waals surface area (Å²) in [4.78, 5) is 0. The summed E-state index contributed by atoms with van der Waals surface area (Å²) in [6.45, 7) is 11.4. The second-order valence-corrected chi connectivity index (χ2v) is 7.22. The topological polar surface area (TPSA) is 9.23 Å². The van der Waals surface area contributed by atoms with Gasteiger partial charge in [0.15, 0.2) is 0 Å². The standard InChI is InChI=1S/C21H30O/c1-14(2)11-21(15(3)4)20-10-9-18-12-17(16(5)22-6)7-8-19(18)13-20/h7-10,12-16,21H,11H2,1-6H3. The van der Waals surface area contributed by atoms with Gasteiger partial charge < -0.3 is 4.74 Å². The average Bonchev–Trinajstić information content (AvgIpc) is 2.50. The number of methoxy groups -OCH3 is 1. The highest BCUT2D eigenvalue weighted by Gasteiger charge is 2.17. The second-order valence-electron chi connectivity index (χ2n) is 7.22. The van der Waals surface area contributed by atoms with E-state index in [1.54, 1.807) is 7.11 Å². The zero-order valence-electron chi connectivity index (χ0n) is 14.9. The number of benzene rings is 2. The first-order valence-corrected chi connectivity index (χ1v) is 8.48. The Morgan fingerprint density at radius 2 is 1.36 bits per heavy atom. The van der Waals surface area contributed by atoms with Crippen LogP contribution in [0.1, 0.15) is 64.2 Å². The molecule has 0 fully saturated rings. The van der Waals surface area contributed by atoms with Gasteiger partial charge in [0.1, 0.15) is 0 Å². The van der Waals surface area contributed by atoms with Crippen molar-refractivity contribution >= 4 is 10.8 Å². The Labute approximate surface area is 135 Å². The molecule has 2 unspecified atom stereocenters. The van der Waals surface area contributed by atoms with Gasteiger partial charge >= 0.3 is 0 Å². The number of hydrogen-bond donors (Lipinski definition) is 0. The molecule has 0 heterocycles. The Bertz CT molecular complexity index is 612. The Morgan fingerprint density at radius 1 is 0.818 bits per heavy atom. The predicted molar refractivity (Wildman–Crippen MR) is 96.4 cm³/mol. The first-order valence-electron chi connectivity index (χ1n) is 8.48. The summed E-state index contributed by atoms with van der Waals surface area (Å²) < 4.78 is 5.42. The molecule has 0 radical (unpaired) electrons. The molecule has 1 heteroatoms. The van der Waals surface area contributed by atoms with Gasteiger partial charge in [-0.2, -0.15) is 0 Å². The van der Waals surface area contributed by atoms with E-state index in [1.807, 2.05) is 0 Å². The summed E-state index contributed by atoms with van der Waals surface area (Å²) in [6, 6.07) is 13.6. The van der Waals surface area contributed by atoms with E-state index < -0.39 is 0 Å². The summed E-state index contributed by atoms with van der Waals surface area (Å²) in [5.74, 6) is 2.04. The highest BCUT2D eigenvalue weighted by atomic mass is 16.5. The lowest BCUT2D eigenvalue weighted by molar-refractivity contribution is 0.119. The van der Waals surface area contributed by atoms with Gasteiger partial charge in [-0.3, -0.25) is 0 Å². The minimum absolute atomic E-state index is 0.147. The van der Waals surface area contributed by atoms with Crippen molar-refractivity contribution in [1.29, 1.82) is 0 Å². The molecular formula is C21H30O. The van der Waals surface area contributed by atoms with Crippen LogP contribution in [-0.4, -0.2) is 7.11 Å². The smallest absolute Gasteiger partial charge is 0.0793 e. The van der Waals surface area contributed by atoms with Crippen LogP contribution in [0.2, 0.25) is 0 Å². The van der Waals surface area contributed by atoms with Crippen LogP contribution in [-0.2, 0) is 4.74 Å². The van der Waals surface area contributed by atoms with Crippen molar-refractivity contribution in [1.82, 2.24) is 0 Å². The average molecular weight is 298 g/mol. The molecule has 0 aliphatic rings. The molecule has 0 amide bonds. The van der Waals surface area contributed by atoms with Gasteiger partial charge in [-0.25, -0.2) is 0 Å². The zero-order valence-corrected chi connectivity index (χ0v) is 14.9. The monoisotopic (exact) mass is 298 g/mol. The zero-order chi connectivity index (χ0) is 16.3. The predicted octanol–water partition coefficient (Wildman–Crippen LogP) is 6.33. The minimum atomic E-state index is 0.147. The van der Waals surface area contributed by atoms with E-state index in [0.717, 1.165) is 5.92 Å². The highest BCUT2D eigenvalue weighted by molar-refractivity contribution is 5.84. The summed E-state index contributed by atoms with van der Waals surface area (Å²) >= 11 is 0. The summed E-state index contributed by atoms with van der Waals surface area (Å²) in [6.07, 6.45) is 1.40. The van der Waals surface area contributed by atoms with E-state index in [-0.39, 0.29) is 6.10 Å². The molecule has 0 saturated heterocycles. The summed E-state index contributed by atoms with van der Waals surface area (Å²) in [5, 5.41) is 2.64. The first kappa shape index (κ1) is 17.0. The third-order valence-corrected chi connectivity index (χ3v) is 4.67. The highest BCUT2D eigenvalue weighted by Crippen LogP contribution is 2.33. The van der Waals surface area contributed by atoms with E-state index in [4.69, 9.17) is 4.74 Å². The van der Waals surface area contributed by atoms with Crippen molar-refractivity contribution in [3.05, 3.63) is 47.5 Å². The third kappa shape index (κ3) is 3.89. The second kappa shape index (κ2) is 7.28. The SMILES string of the molecule is COC(C)c1ccc2cc(C(CC(C)C)C(C)C)ccc2c1. The maximum atomic E-state index is 5.42. The van der Waals surface area contributed by atoms with Crippen LogP contribution < -0.4 is 0 Å². The molecule has 2 aromatic carbocycles. The van der Waals surface area contributed by atoms with Crippen molar-refractivity contribution in [2.24, 2.45) is 11.8 Å². The Balaban J connectivity index is 2.37. The van der Waals surface area contributed by atoms with Gasteiger partial charge in [0.2, 0.25) is 0 Å². The van der Waals surface area contributed by atoms with E-state index in [0.29, 0.717) is 11.8 Å². The Hall–Kier alpha value is -1.34. The molecule has 1 nitrogen and oxygen atoms in total. The fraction of sp³-hybridized carbons (Fsp3) is 0.524. The van der Waals surface area contributed by atoms with Crippen LogP contribution in [0.4, 0.5) is 0 Å². The maximum Gasteiger partial charge on any atom is 0.0793 e. The number of rotatable bonds is 6. The number of hydrogen-bond acceptors (Lipinski definition) is 1. The molecule has 0 aliphatic heterocycles. The molecular weight excluding hydrogens is 268 g/mol. The molecule has 0 saturated carbocycles. The van der Waals surface area contributed by atoms with Crippen molar-refractivity contribution < 1.29 is 4.74 Å². The molecule has 0 spiro atoms. The first-order chi connectivity index (χ1) is 10.4. The minimum Gasteiger partial charge on any atom is -0.377 e. The van der Waals surface area contributed by atoms with Gasteiger partial charge in [-0.05, 0) is 59.1 Å². The Kier molecular flexibility index (Phi) is 5.63. The molecule has 22 heavy (non-hydrogen) atoms. The molecule has 0 N–H and O–H groups in total.